The predicted octanol–water partition coefficient (Wildman–Crippen LogP) is 8.45. The highest BCUT2D eigenvalue weighted by Crippen LogP contribution is 2.46. The third-order valence-corrected chi connectivity index (χ3v) is 19.7. The molecular formula is C52H56Br2Cl2N10O10S2. The Kier molecular flexibility index (Phi) is 17.0. The van der Waals surface area contributed by atoms with Crippen LogP contribution in [0.4, 0.5) is 22.7 Å². The summed E-state index contributed by atoms with van der Waals surface area (Å²) in [6.07, 6.45) is 7.33. The van der Waals surface area contributed by atoms with Crippen molar-refractivity contribution in [3.8, 4) is 22.9 Å². The van der Waals surface area contributed by atoms with Crippen LogP contribution in [0.15, 0.2) is 116 Å². The summed E-state index contributed by atoms with van der Waals surface area (Å²) in [5.74, 6) is -0.101. The summed E-state index contributed by atoms with van der Waals surface area (Å²) in [6.45, 7) is 7.40. The summed E-state index contributed by atoms with van der Waals surface area (Å²) in [7, 11) is -7.29. The van der Waals surface area contributed by atoms with Crippen LogP contribution in [0, 0.1) is 20.9 Å². The van der Waals surface area contributed by atoms with Gasteiger partial charge in [0.2, 0.25) is 31.5 Å². The Bertz CT molecular complexity index is 3610. The quantitative estimate of drug-likeness (QED) is 0.0512. The van der Waals surface area contributed by atoms with Crippen molar-refractivity contribution in [2.24, 2.45) is 10.8 Å². The fraction of sp³-hybridized carbons (Fsp3) is 0.385. The number of nitro groups is 1. The number of anilines is 3. The van der Waals surface area contributed by atoms with Crippen molar-refractivity contribution in [1.29, 1.82) is 0 Å². The van der Waals surface area contributed by atoms with Crippen molar-refractivity contribution >= 4 is 97.9 Å². The van der Waals surface area contributed by atoms with Crippen LogP contribution in [0.1, 0.15) is 50.7 Å². The zero-order valence-corrected chi connectivity index (χ0v) is 48.9. The monoisotopic (exact) mass is 1270 g/mol. The third-order valence-electron chi connectivity index (χ3n) is 14.2. The van der Waals surface area contributed by atoms with E-state index in [-0.39, 0.29) is 75.7 Å². The smallest absolute Gasteiger partial charge is 0.316 e. The van der Waals surface area contributed by atoms with Crippen LogP contribution >= 0.6 is 55.1 Å². The number of piperazine rings is 2. The SMILES string of the molecule is CC1(COc2c(N3CCN(S(=O)(=O)Cc4ccc(Br)c(N)c4)CC3)cnn(-c3cccc(Cl)c3)c2=O)CC1.CC1(COc2c(N3CCN(S(=O)(=O)Cc4ccc(Br)c([N+](=O)[O-])c4)CC3)cnn(-c3cccc(Cl)c3)c2=O)CC1. The predicted molar refractivity (Wildman–Crippen MR) is 308 cm³/mol. The van der Waals surface area contributed by atoms with E-state index >= 15 is 0 Å². The van der Waals surface area contributed by atoms with Gasteiger partial charge in [-0.25, -0.2) is 16.8 Å². The number of halogens is 4. The molecule has 78 heavy (non-hydrogen) atoms. The van der Waals surface area contributed by atoms with Crippen LogP contribution in [-0.4, -0.2) is 116 Å². The zero-order chi connectivity index (χ0) is 55.7. The van der Waals surface area contributed by atoms with Crippen molar-refractivity contribution in [1.82, 2.24) is 28.2 Å². The van der Waals surface area contributed by atoms with Gasteiger partial charge in [-0.05, 0) is 123 Å². The Morgan fingerprint density at radius 1 is 0.628 bits per heavy atom. The number of ether oxygens (including phenoxy) is 2. The van der Waals surface area contributed by atoms with Crippen molar-refractivity contribution in [2.75, 3.05) is 81.1 Å². The number of hydrogen-bond donors (Lipinski definition) is 1. The van der Waals surface area contributed by atoms with Gasteiger partial charge in [-0.3, -0.25) is 19.7 Å². The minimum absolute atomic E-state index is 0.0305. The Balaban J connectivity index is 0.000000190. The molecule has 2 saturated heterocycles. The molecule has 4 aromatic carbocycles. The molecule has 4 aliphatic rings. The van der Waals surface area contributed by atoms with Gasteiger partial charge in [0, 0.05) is 89.5 Å². The van der Waals surface area contributed by atoms with Gasteiger partial charge in [0.25, 0.3) is 5.69 Å². The fourth-order valence-electron chi connectivity index (χ4n) is 8.86. The summed E-state index contributed by atoms with van der Waals surface area (Å²) in [5.41, 5.74) is 8.61. The minimum atomic E-state index is -3.74. The number of aromatic nitrogens is 4. The van der Waals surface area contributed by atoms with Crippen molar-refractivity contribution < 1.29 is 31.2 Å². The largest absolute Gasteiger partial charge is 0.486 e. The number of nitrogen functional groups attached to an aromatic ring is 1. The van der Waals surface area contributed by atoms with E-state index in [4.69, 9.17) is 38.4 Å². The summed E-state index contributed by atoms with van der Waals surface area (Å²) >= 11 is 18.7. The number of nitrogens with two attached hydrogens (primary N) is 1. The first kappa shape index (κ1) is 57.1. The van der Waals surface area contributed by atoms with Gasteiger partial charge < -0.3 is 25.0 Å². The zero-order valence-electron chi connectivity index (χ0n) is 42.6. The lowest BCUT2D eigenvalue weighted by molar-refractivity contribution is -0.385. The molecule has 4 heterocycles. The van der Waals surface area contributed by atoms with Gasteiger partial charge in [-0.1, -0.05) is 61.3 Å². The Labute approximate surface area is 478 Å². The number of rotatable bonds is 17. The van der Waals surface area contributed by atoms with E-state index in [1.165, 1.54) is 30.1 Å². The van der Waals surface area contributed by atoms with E-state index in [0.717, 1.165) is 30.2 Å². The molecule has 2 N–H and O–H groups in total. The Hall–Kier alpha value is -5.60. The van der Waals surface area contributed by atoms with Crippen molar-refractivity contribution in [2.45, 2.75) is 51.0 Å². The molecule has 0 bridgehead atoms. The molecule has 26 heteroatoms. The van der Waals surface area contributed by atoms with Gasteiger partial charge in [0.1, 0.15) is 11.4 Å². The molecular weight excluding hydrogens is 1220 g/mol. The molecule has 0 atom stereocenters. The highest BCUT2D eigenvalue weighted by Gasteiger charge is 2.40. The minimum Gasteiger partial charge on any atom is -0.486 e. The molecule has 0 spiro atoms. The van der Waals surface area contributed by atoms with E-state index in [9.17, 15) is 36.5 Å². The highest BCUT2D eigenvalue weighted by molar-refractivity contribution is 9.11. The van der Waals surface area contributed by atoms with Crippen molar-refractivity contribution in [3.05, 3.63) is 158 Å². The average Bonchev–Trinajstić information content (AvgIpc) is 4.39. The van der Waals surface area contributed by atoms with E-state index in [1.54, 1.807) is 85.2 Å². The Morgan fingerprint density at radius 2 is 1.04 bits per heavy atom. The van der Waals surface area contributed by atoms with Crippen LogP contribution in [0.3, 0.4) is 0 Å². The lowest BCUT2D eigenvalue weighted by Crippen LogP contribution is -2.49. The van der Waals surface area contributed by atoms with Crippen LogP contribution in [0.2, 0.25) is 10.0 Å². The maximum atomic E-state index is 13.6. The first-order valence-electron chi connectivity index (χ1n) is 24.9. The van der Waals surface area contributed by atoms with Gasteiger partial charge >= 0.3 is 11.1 Å². The summed E-state index contributed by atoms with van der Waals surface area (Å²) in [5, 5.41) is 21.0. The molecule has 4 fully saturated rings. The van der Waals surface area contributed by atoms with Gasteiger partial charge in [-0.2, -0.15) is 28.2 Å². The van der Waals surface area contributed by atoms with Gasteiger partial charge in [-0.15, -0.1) is 0 Å². The van der Waals surface area contributed by atoms with E-state index in [0.29, 0.717) is 89.0 Å². The summed E-state index contributed by atoms with van der Waals surface area (Å²) < 4.78 is 71.2. The van der Waals surface area contributed by atoms with Crippen LogP contribution in [0.5, 0.6) is 11.5 Å². The number of sulfonamides is 2. The second-order valence-electron chi connectivity index (χ2n) is 20.5. The topological polar surface area (TPSA) is 239 Å². The molecule has 0 unspecified atom stereocenters. The van der Waals surface area contributed by atoms with E-state index in [1.807, 2.05) is 9.80 Å². The number of hydrogen-bond acceptors (Lipinski definition) is 15. The van der Waals surface area contributed by atoms with E-state index < -0.39 is 30.5 Å². The second kappa shape index (κ2) is 23.2. The highest BCUT2D eigenvalue weighted by atomic mass is 79.9. The first-order valence-corrected chi connectivity index (χ1v) is 30.5. The molecule has 0 amide bonds. The molecule has 2 aliphatic heterocycles. The summed E-state index contributed by atoms with van der Waals surface area (Å²) in [6, 6.07) is 23.2. The molecule has 2 aromatic heterocycles. The molecule has 6 aromatic rings. The second-order valence-corrected chi connectivity index (χ2v) is 27.0. The fourth-order valence-corrected chi connectivity index (χ4v) is 12.9. The normalized spacial score (nSPS) is 17.2. The van der Waals surface area contributed by atoms with Crippen LogP contribution in [0.25, 0.3) is 11.4 Å². The first-order chi connectivity index (χ1) is 37.0. The van der Waals surface area contributed by atoms with Crippen LogP contribution < -0.4 is 36.1 Å². The average molecular weight is 1280 g/mol. The third kappa shape index (κ3) is 13.5. The number of benzene rings is 4. The maximum Gasteiger partial charge on any atom is 0.316 e. The molecule has 2 saturated carbocycles. The van der Waals surface area contributed by atoms with Crippen LogP contribution in [-0.2, 0) is 31.6 Å². The number of nitrogens with zero attached hydrogens (tertiary/aromatic N) is 9. The number of nitro benzene ring substituents is 1. The maximum absolute atomic E-state index is 13.6. The lowest BCUT2D eigenvalue weighted by Gasteiger charge is -2.35. The lowest BCUT2D eigenvalue weighted by atomic mass is 10.2. The van der Waals surface area contributed by atoms with Crippen molar-refractivity contribution in [3.63, 3.8) is 0 Å². The summed E-state index contributed by atoms with van der Waals surface area (Å²) in [4.78, 5) is 41.7. The van der Waals surface area contributed by atoms with Gasteiger partial charge in [0.05, 0.1) is 57.9 Å². The standard InChI is InChI=1S/C26H27BrClN5O6S.C26H29BrClN5O4S/c1-26(7-8-26)17-39-24-23(15-29-32(25(24)34)20-4-2-3-19(28)14-20)30-9-11-31(12-10-30)40(37,38)16-18-5-6-21(27)22(13-18)33(35)36;1-26(7-8-26)17-37-24-23(15-30-33(25(24)34)20-4-2-3-19(28)14-20)31-9-11-32(12-10-31)38(35,36)16-18-5-6-21(27)22(29)13-18/h2-6,13-15H,7-12,16-17H2,1H3;2-6,13-15H,7-12,16-17,29H2,1H3. The molecule has 10 rings (SSSR count). The van der Waals surface area contributed by atoms with E-state index in [2.05, 4.69) is 55.9 Å². The van der Waals surface area contributed by atoms with Gasteiger partial charge in [0.15, 0.2) is 0 Å². The molecule has 20 nitrogen and oxygen atoms in total. The molecule has 0 radical (unpaired) electrons. The molecule has 414 valence electrons. The Morgan fingerprint density at radius 3 is 1.42 bits per heavy atom. The molecule has 2 aliphatic carbocycles.